The molecule has 1 aromatic heterocycles. The first-order valence-corrected chi connectivity index (χ1v) is 4.85. The average molecular weight is 187 g/mol. The SMILES string of the molecule is C=CC(C)(C)C/C=C/c1ccccn1. The molecule has 74 valence electrons. The lowest BCUT2D eigenvalue weighted by atomic mass is 9.89. The van der Waals surface area contributed by atoms with Gasteiger partial charge >= 0.3 is 0 Å². The predicted molar refractivity (Wildman–Crippen MR) is 61.9 cm³/mol. The second kappa shape index (κ2) is 4.75. The van der Waals surface area contributed by atoms with Gasteiger partial charge in [-0.1, -0.05) is 32.1 Å². The van der Waals surface area contributed by atoms with Crippen LogP contribution in [0.25, 0.3) is 6.08 Å². The van der Waals surface area contributed by atoms with E-state index in [1.54, 1.807) is 6.20 Å². The summed E-state index contributed by atoms with van der Waals surface area (Å²) in [5.41, 5.74) is 1.18. The van der Waals surface area contributed by atoms with Crippen molar-refractivity contribution in [2.75, 3.05) is 0 Å². The fraction of sp³-hybridized carbons (Fsp3) is 0.308. The third kappa shape index (κ3) is 3.56. The highest BCUT2D eigenvalue weighted by Crippen LogP contribution is 2.21. The van der Waals surface area contributed by atoms with Gasteiger partial charge in [-0.15, -0.1) is 6.58 Å². The minimum Gasteiger partial charge on any atom is -0.257 e. The van der Waals surface area contributed by atoms with Crippen molar-refractivity contribution in [3.05, 3.63) is 48.8 Å². The van der Waals surface area contributed by atoms with Crippen LogP contribution in [0.15, 0.2) is 43.1 Å². The second-order valence-corrected chi connectivity index (χ2v) is 4.05. The van der Waals surface area contributed by atoms with E-state index in [9.17, 15) is 0 Å². The first kappa shape index (κ1) is 10.7. The summed E-state index contributed by atoms with van der Waals surface area (Å²) in [6.07, 6.45) is 8.97. The molecule has 14 heavy (non-hydrogen) atoms. The average Bonchev–Trinajstić information content (AvgIpc) is 2.19. The van der Waals surface area contributed by atoms with E-state index in [0.29, 0.717) is 0 Å². The Bertz CT molecular complexity index is 309. The summed E-state index contributed by atoms with van der Waals surface area (Å²) in [6.45, 7) is 8.15. The van der Waals surface area contributed by atoms with Gasteiger partial charge in [-0.2, -0.15) is 0 Å². The number of aromatic nitrogens is 1. The predicted octanol–water partition coefficient (Wildman–Crippen LogP) is 3.70. The van der Waals surface area contributed by atoms with Crippen molar-refractivity contribution in [1.29, 1.82) is 0 Å². The maximum absolute atomic E-state index is 4.21. The van der Waals surface area contributed by atoms with Gasteiger partial charge in [-0.25, -0.2) is 0 Å². The van der Waals surface area contributed by atoms with Gasteiger partial charge in [0, 0.05) is 6.20 Å². The van der Waals surface area contributed by atoms with Crippen LogP contribution in [0.4, 0.5) is 0 Å². The molecule has 0 spiro atoms. The van der Waals surface area contributed by atoms with Crippen LogP contribution < -0.4 is 0 Å². The Morgan fingerprint density at radius 2 is 2.21 bits per heavy atom. The molecule has 0 amide bonds. The zero-order valence-electron chi connectivity index (χ0n) is 8.90. The fourth-order valence-electron chi connectivity index (χ4n) is 1.04. The van der Waals surface area contributed by atoms with Crippen molar-refractivity contribution in [3.8, 4) is 0 Å². The van der Waals surface area contributed by atoms with E-state index in [4.69, 9.17) is 0 Å². The largest absolute Gasteiger partial charge is 0.257 e. The third-order valence-corrected chi connectivity index (χ3v) is 2.17. The lowest BCUT2D eigenvalue weighted by molar-refractivity contribution is 0.491. The van der Waals surface area contributed by atoms with Crippen LogP contribution in [0.2, 0.25) is 0 Å². The molecule has 0 bridgehead atoms. The number of rotatable bonds is 4. The Morgan fingerprint density at radius 1 is 1.43 bits per heavy atom. The van der Waals surface area contributed by atoms with Crippen molar-refractivity contribution >= 4 is 6.08 Å². The van der Waals surface area contributed by atoms with Crippen molar-refractivity contribution in [2.24, 2.45) is 5.41 Å². The molecule has 0 aromatic carbocycles. The van der Waals surface area contributed by atoms with E-state index in [-0.39, 0.29) is 5.41 Å². The number of hydrogen-bond acceptors (Lipinski definition) is 1. The van der Waals surface area contributed by atoms with E-state index in [1.165, 1.54) is 0 Å². The maximum atomic E-state index is 4.21. The van der Waals surface area contributed by atoms with E-state index in [0.717, 1.165) is 12.1 Å². The Kier molecular flexibility index (Phi) is 3.63. The Labute approximate surface area is 86.2 Å². The van der Waals surface area contributed by atoms with Crippen LogP contribution in [0.1, 0.15) is 26.0 Å². The highest BCUT2D eigenvalue weighted by atomic mass is 14.6. The van der Waals surface area contributed by atoms with Crippen molar-refractivity contribution in [3.63, 3.8) is 0 Å². The zero-order chi connectivity index (χ0) is 10.4. The molecule has 1 heterocycles. The zero-order valence-corrected chi connectivity index (χ0v) is 8.90. The molecule has 0 atom stereocenters. The first-order valence-electron chi connectivity index (χ1n) is 4.85. The van der Waals surface area contributed by atoms with E-state index >= 15 is 0 Å². The molecule has 0 unspecified atom stereocenters. The van der Waals surface area contributed by atoms with Crippen LogP contribution in [0.5, 0.6) is 0 Å². The van der Waals surface area contributed by atoms with Gasteiger partial charge in [-0.3, -0.25) is 4.98 Å². The molecule has 0 aliphatic carbocycles. The highest BCUT2D eigenvalue weighted by Gasteiger charge is 2.09. The van der Waals surface area contributed by atoms with E-state index in [2.05, 4.69) is 31.5 Å². The number of nitrogens with zero attached hydrogens (tertiary/aromatic N) is 1. The van der Waals surface area contributed by atoms with Crippen molar-refractivity contribution in [1.82, 2.24) is 4.98 Å². The molecule has 0 aliphatic heterocycles. The smallest absolute Gasteiger partial charge is 0.0626 e. The number of hydrogen-bond donors (Lipinski definition) is 0. The van der Waals surface area contributed by atoms with Gasteiger partial charge in [0.25, 0.3) is 0 Å². The summed E-state index contributed by atoms with van der Waals surface area (Å²) in [6, 6.07) is 5.91. The molecule has 0 saturated carbocycles. The van der Waals surface area contributed by atoms with Gasteiger partial charge in [-0.05, 0) is 30.0 Å². The first-order chi connectivity index (χ1) is 6.64. The Balaban J connectivity index is 2.54. The van der Waals surface area contributed by atoms with Crippen LogP contribution in [0, 0.1) is 5.41 Å². The summed E-state index contributed by atoms with van der Waals surface area (Å²) in [7, 11) is 0. The van der Waals surface area contributed by atoms with Gasteiger partial charge in [0.1, 0.15) is 0 Å². The van der Waals surface area contributed by atoms with Crippen molar-refractivity contribution in [2.45, 2.75) is 20.3 Å². The Hall–Kier alpha value is -1.37. The molecule has 1 nitrogen and oxygen atoms in total. The molecule has 1 heteroatoms. The van der Waals surface area contributed by atoms with Gasteiger partial charge in [0.15, 0.2) is 0 Å². The summed E-state index contributed by atoms with van der Waals surface area (Å²) >= 11 is 0. The van der Waals surface area contributed by atoms with E-state index < -0.39 is 0 Å². The molecule has 0 radical (unpaired) electrons. The highest BCUT2D eigenvalue weighted by molar-refractivity contribution is 5.43. The van der Waals surface area contributed by atoms with Crippen LogP contribution in [-0.4, -0.2) is 4.98 Å². The molecule has 0 aliphatic rings. The maximum Gasteiger partial charge on any atom is 0.0626 e. The Morgan fingerprint density at radius 3 is 2.79 bits per heavy atom. The quantitative estimate of drug-likeness (QED) is 0.655. The topological polar surface area (TPSA) is 12.9 Å². The van der Waals surface area contributed by atoms with Gasteiger partial charge in [0.2, 0.25) is 0 Å². The number of pyridine rings is 1. The minimum absolute atomic E-state index is 0.172. The second-order valence-electron chi connectivity index (χ2n) is 4.05. The van der Waals surface area contributed by atoms with E-state index in [1.807, 2.05) is 30.4 Å². The summed E-state index contributed by atoms with van der Waals surface area (Å²) in [4.78, 5) is 4.21. The molecular weight excluding hydrogens is 170 g/mol. The lowest BCUT2D eigenvalue weighted by Crippen LogP contribution is -2.03. The fourth-order valence-corrected chi connectivity index (χ4v) is 1.04. The third-order valence-electron chi connectivity index (χ3n) is 2.17. The molecule has 0 N–H and O–H groups in total. The summed E-state index contributed by atoms with van der Waals surface area (Å²) in [5, 5.41) is 0. The molecule has 1 aromatic rings. The van der Waals surface area contributed by atoms with Crippen molar-refractivity contribution < 1.29 is 0 Å². The minimum atomic E-state index is 0.172. The number of allylic oxidation sites excluding steroid dienone is 2. The molecule has 1 rings (SSSR count). The monoisotopic (exact) mass is 187 g/mol. The van der Waals surface area contributed by atoms with Crippen LogP contribution >= 0.6 is 0 Å². The van der Waals surface area contributed by atoms with Crippen LogP contribution in [0.3, 0.4) is 0 Å². The lowest BCUT2D eigenvalue weighted by Gasteiger charge is -2.16. The van der Waals surface area contributed by atoms with Crippen LogP contribution in [-0.2, 0) is 0 Å². The van der Waals surface area contributed by atoms with Gasteiger partial charge in [0.05, 0.1) is 5.69 Å². The summed E-state index contributed by atoms with van der Waals surface area (Å²) < 4.78 is 0. The molecule has 0 fully saturated rings. The van der Waals surface area contributed by atoms with Gasteiger partial charge < -0.3 is 0 Å². The summed E-state index contributed by atoms with van der Waals surface area (Å²) in [5.74, 6) is 0. The molecular formula is C13H17N. The standard InChI is InChI=1S/C13H17N/c1-4-13(2,3)10-7-9-12-8-5-6-11-14-12/h4-9,11H,1,10H2,2-3H3/b9-7+. The normalized spacial score (nSPS) is 11.9. The molecule has 0 saturated heterocycles.